The van der Waals surface area contributed by atoms with Crippen LogP contribution in [0, 0.1) is 6.92 Å². The van der Waals surface area contributed by atoms with Crippen LogP contribution in [0.1, 0.15) is 24.1 Å². The largest absolute Gasteiger partial charge is 0.336 e. The first-order chi connectivity index (χ1) is 10.1. The number of aromatic nitrogens is 3. The van der Waals surface area contributed by atoms with Crippen LogP contribution in [0.5, 0.6) is 0 Å². The fourth-order valence-corrected chi connectivity index (χ4v) is 2.11. The Morgan fingerprint density at radius 1 is 1.00 bits per heavy atom. The molecule has 1 aromatic carbocycles. The van der Waals surface area contributed by atoms with Crippen molar-refractivity contribution >= 4 is 0 Å². The smallest absolute Gasteiger partial charge is 0.251 e. The quantitative estimate of drug-likeness (QED) is 0.798. The molecule has 1 atom stereocenters. The second kappa shape index (κ2) is 5.10. The van der Waals surface area contributed by atoms with Crippen molar-refractivity contribution in [2.24, 2.45) is 5.73 Å². The van der Waals surface area contributed by atoms with Gasteiger partial charge in [0.2, 0.25) is 5.82 Å². The summed E-state index contributed by atoms with van der Waals surface area (Å²) in [6, 6.07) is 15.4. The maximum Gasteiger partial charge on any atom is 0.251 e. The van der Waals surface area contributed by atoms with Crippen molar-refractivity contribution in [3.63, 3.8) is 0 Å². The summed E-state index contributed by atoms with van der Waals surface area (Å²) in [7, 11) is 0. The van der Waals surface area contributed by atoms with E-state index in [1.165, 1.54) is 0 Å². The van der Waals surface area contributed by atoms with Crippen molar-refractivity contribution in [1.82, 2.24) is 15.1 Å². The minimum Gasteiger partial charge on any atom is -0.336 e. The van der Waals surface area contributed by atoms with E-state index in [0.717, 1.165) is 11.3 Å². The van der Waals surface area contributed by atoms with E-state index in [1.807, 2.05) is 62.4 Å². The van der Waals surface area contributed by atoms with Gasteiger partial charge in [0.1, 0.15) is 11.2 Å². The highest BCUT2D eigenvalue weighted by molar-refractivity contribution is 5.48. The number of nitrogens with two attached hydrogens (primary N) is 1. The van der Waals surface area contributed by atoms with Crippen LogP contribution >= 0.6 is 0 Å². The lowest BCUT2D eigenvalue weighted by atomic mass is 9.93. The van der Waals surface area contributed by atoms with E-state index in [4.69, 9.17) is 10.3 Å². The molecule has 5 nitrogen and oxygen atoms in total. The maximum atomic E-state index is 6.36. The molecule has 0 saturated heterocycles. The van der Waals surface area contributed by atoms with Gasteiger partial charge in [-0.2, -0.15) is 4.98 Å². The highest BCUT2D eigenvalue weighted by atomic mass is 16.5. The predicted octanol–water partition coefficient (Wildman–Crippen LogP) is 2.66. The van der Waals surface area contributed by atoms with Gasteiger partial charge in [-0.25, -0.2) is 4.98 Å². The Morgan fingerprint density at radius 2 is 1.76 bits per heavy atom. The van der Waals surface area contributed by atoms with E-state index in [0.29, 0.717) is 17.4 Å². The fourth-order valence-electron chi connectivity index (χ4n) is 2.11. The molecule has 1 unspecified atom stereocenters. The van der Waals surface area contributed by atoms with Crippen LogP contribution in [0.2, 0.25) is 0 Å². The fraction of sp³-hybridized carbons (Fsp3) is 0.188. The molecule has 3 aromatic rings. The van der Waals surface area contributed by atoms with Gasteiger partial charge in [-0.15, -0.1) is 0 Å². The predicted molar refractivity (Wildman–Crippen MR) is 79.3 cm³/mol. The molecule has 106 valence electrons. The topological polar surface area (TPSA) is 77.8 Å². The van der Waals surface area contributed by atoms with Crippen LogP contribution in [0.4, 0.5) is 0 Å². The van der Waals surface area contributed by atoms with Gasteiger partial charge in [-0.3, -0.25) is 0 Å². The normalized spacial score (nSPS) is 13.9. The van der Waals surface area contributed by atoms with E-state index in [9.17, 15) is 0 Å². The number of hydrogen-bond acceptors (Lipinski definition) is 5. The second-order valence-corrected chi connectivity index (χ2v) is 5.16. The summed E-state index contributed by atoms with van der Waals surface area (Å²) < 4.78 is 5.35. The number of hydrogen-bond donors (Lipinski definition) is 1. The van der Waals surface area contributed by atoms with E-state index < -0.39 is 5.54 Å². The number of benzene rings is 1. The molecule has 0 saturated carbocycles. The highest BCUT2D eigenvalue weighted by Gasteiger charge is 2.30. The molecule has 2 aromatic heterocycles. The highest BCUT2D eigenvalue weighted by Crippen LogP contribution is 2.26. The van der Waals surface area contributed by atoms with Gasteiger partial charge < -0.3 is 10.3 Å². The Morgan fingerprint density at radius 3 is 2.48 bits per heavy atom. The molecule has 0 fully saturated rings. The van der Waals surface area contributed by atoms with Gasteiger partial charge in [-0.05, 0) is 31.5 Å². The zero-order chi connectivity index (χ0) is 14.9. The summed E-state index contributed by atoms with van der Waals surface area (Å²) in [6.07, 6.45) is 0. The van der Waals surface area contributed by atoms with Crippen molar-refractivity contribution in [1.29, 1.82) is 0 Å². The molecule has 0 spiro atoms. The summed E-state index contributed by atoms with van der Waals surface area (Å²) in [5, 5.41) is 3.99. The Bertz CT molecular complexity index is 750. The number of pyridine rings is 1. The Kier molecular flexibility index (Phi) is 3.27. The zero-order valence-electron chi connectivity index (χ0n) is 11.9. The van der Waals surface area contributed by atoms with Crippen molar-refractivity contribution in [2.75, 3.05) is 0 Å². The first-order valence-electron chi connectivity index (χ1n) is 6.70. The first-order valence-corrected chi connectivity index (χ1v) is 6.70. The molecule has 0 aliphatic carbocycles. The zero-order valence-corrected chi connectivity index (χ0v) is 11.9. The van der Waals surface area contributed by atoms with Crippen LogP contribution in [-0.4, -0.2) is 15.1 Å². The van der Waals surface area contributed by atoms with Crippen molar-refractivity contribution in [3.8, 4) is 11.5 Å². The summed E-state index contributed by atoms with van der Waals surface area (Å²) in [4.78, 5) is 8.79. The van der Waals surface area contributed by atoms with Crippen LogP contribution in [0.3, 0.4) is 0 Å². The third-order valence-electron chi connectivity index (χ3n) is 3.36. The van der Waals surface area contributed by atoms with Gasteiger partial charge in [0.05, 0.1) is 0 Å². The first kappa shape index (κ1) is 13.5. The molecule has 0 bridgehead atoms. The summed E-state index contributed by atoms with van der Waals surface area (Å²) >= 11 is 0. The summed E-state index contributed by atoms with van der Waals surface area (Å²) in [5.41, 5.74) is 8.02. The van der Waals surface area contributed by atoms with E-state index in [-0.39, 0.29) is 0 Å². The van der Waals surface area contributed by atoms with E-state index in [1.54, 1.807) is 0 Å². The molecule has 2 N–H and O–H groups in total. The number of nitrogens with zero attached hydrogens (tertiary/aromatic N) is 3. The van der Waals surface area contributed by atoms with Crippen LogP contribution in [0.25, 0.3) is 11.5 Å². The Hall–Kier alpha value is -2.53. The standard InChI is InChI=1S/C16H16N4O/c1-11-7-6-10-13(18-11)14-19-15(21-20-14)16(2,17)12-8-4-3-5-9-12/h3-10H,17H2,1-2H3. The van der Waals surface area contributed by atoms with Crippen molar-refractivity contribution in [2.45, 2.75) is 19.4 Å². The molecule has 0 amide bonds. The number of aryl methyl sites for hydroxylation is 1. The molecule has 2 heterocycles. The van der Waals surface area contributed by atoms with E-state index in [2.05, 4.69) is 15.1 Å². The second-order valence-electron chi connectivity index (χ2n) is 5.16. The van der Waals surface area contributed by atoms with Crippen LogP contribution in [0.15, 0.2) is 53.1 Å². The molecule has 0 aliphatic heterocycles. The molecule has 0 radical (unpaired) electrons. The minimum atomic E-state index is -0.837. The summed E-state index contributed by atoms with van der Waals surface area (Å²) in [6.45, 7) is 3.77. The maximum absolute atomic E-state index is 6.36. The molecular weight excluding hydrogens is 264 g/mol. The molecule has 0 aliphatic rings. The Labute approximate surface area is 122 Å². The third-order valence-corrected chi connectivity index (χ3v) is 3.36. The lowest BCUT2D eigenvalue weighted by molar-refractivity contribution is 0.325. The lowest BCUT2D eigenvalue weighted by Crippen LogP contribution is -2.34. The SMILES string of the molecule is Cc1cccc(-c2noc(C(C)(N)c3ccccc3)n2)n1. The van der Waals surface area contributed by atoms with Crippen LogP contribution in [-0.2, 0) is 5.54 Å². The summed E-state index contributed by atoms with van der Waals surface area (Å²) in [5.74, 6) is 0.813. The molecule has 5 heteroatoms. The Balaban J connectivity index is 1.98. The monoisotopic (exact) mass is 280 g/mol. The van der Waals surface area contributed by atoms with Gasteiger partial charge >= 0.3 is 0 Å². The van der Waals surface area contributed by atoms with Gasteiger partial charge in [0, 0.05) is 5.69 Å². The van der Waals surface area contributed by atoms with Crippen molar-refractivity contribution < 1.29 is 4.52 Å². The average molecular weight is 280 g/mol. The van der Waals surface area contributed by atoms with E-state index >= 15 is 0 Å². The molecule has 21 heavy (non-hydrogen) atoms. The minimum absolute atomic E-state index is 0.368. The van der Waals surface area contributed by atoms with Gasteiger partial charge in [-0.1, -0.05) is 41.6 Å². The lowest BCUT2D eigenvalue weighted by Gasteiger charge is -2.20. The van der Waals surface area contributed by atoms with Gasteiger partial charge in [0.25, 0.3) is 5.89 Å². The molecule has 3 rings (SSSR count). The third kappa shape index (κ3) is 2.55. The van der Waals surface area contributed by atoms with Crippen LogP contribution < -0.4 is 5.73 Å². The van der Waals surface area contributed by atoms with Gasteiger partial charge in [0.15, 0.2) is 0 Å². The average Bonchev–Trinajstić information content (AvgIpc) is 2.99. The number of rotatable bonds is 3. The molecular formula is C16H16N4O. The van der Waals surface area contributed by atoms with Crippen molar-refractivity contribution in [3.05, 3.63) is 65.7 Å².